The van der Waals surface area contributed by atoms with Crippen LogP contribution in [0.15, 0.2) is 34.9 Å². The molecule has 1 N–H and O–H groups in total. The summed E-state index contributed by atoms with van der Waals surface area (Å²) in [5.41, 5.74) is -0.410. The van der Waals surface area contributed by atoms with Crippen LogP contribution >= 0.6 is 0 Å². The smallest absolute Gasteiger partial charge is 0.338 e. The molecule has 1 aromatic carbocycles. The number of likely N-dealkylation sites (tertiary alicyclic amines) is 1. The van der Waals surface area contributed by atoms with Gasteiger partial charge in [-0.2, -0.15) is 0 Å². The molecule has 0 aliphatic carbocycles. The van der Waals surface area contributed by atoms with Gasteiger partial charge in [-0.05, 0) is 31.0 Å². The number of rotatable bonds is 4. The minimum Gasteiger partial charge on any atom is -0.478 e. The topological polar surface area (TPSA) is 87.8 Å². The molecule has 0 radical (unpaired) electrons. The third-order valence-corrected chi connectivity index (χ3v) is 4.40. The van der Waals surface area contributed by atoms with Crippen molar-refractivity contribution in [2.45, 2.75) is 12.8 Å². The van der Waals surface area contributed by atoms with Gasteiger partial charge in [-0.25, -0.2) is 13.6 Å². The molecular formula is C18H15F2NO5. The summed E-state index contributed by atoms with van der Waals surface area (Å²) in [4.78, 5) is 37.0. The highest BCUT2D eigenvalue weighted by Gasteiger charge is 2.31. The van der Waals surface area contributed by atoms with Crippen LogP contribution in [0, 0.1) is 17.6 Å². The number of carboxylic acid groups (broad SMARTS) is 1. The van der Waals surface area contributed by atoms with Crippen molar-refractivity contribution in [2.24, 2.45) is 5.92 Å². The van der Waals surface area contributed by atoms with Crippen LogP contribution in [0.4, 0.5) is 8.78 Å². The predicted molar refractivity (Wildman–Crippen MR) is 85.0 cm³/mol. The summed E-state index contributed by atoms with van der Waals surface area (Å²) in [6.45, 7) is 0.463. The molecule has 1 aromatic heterocycles. The fourth-order valence-electron chi connectivity index (χ4n) is 2.97. The first-order chi connectivity index (χ1) is 12.4. The molecule has 1 saturated heterocycles. The Morgan fingerprint density at radius 2 is 1.81 bits per heavy atom. The van der Waals surface area contributed by atoms with Crippen LogP contribution in [0.25, 0.3) is 0 Å². The molecule has 1 aliphatic rings. The van der Waals surface area contributed by atoms with E-state index < -0.39 is 35.2 Å². The van der Waals surface area contributed by atoms with Crippen molar-refractivity contribution in [2.75, 3.05) is 13.1 Å². The molecular weight excluding hydrogens is 348 g/mol. The van der Waals surface area contributed by atoms with Crippen LogP contribution in [-0.2, 0) is 0 Å². The van der Waals surface area contributed by atoms with E-state index in [1.165, 1.54) is 4.90 Å². The first-order valence-electron chi connectivity index (χ1n) is 7.97. The number of aromatic carboxylic acids is 1. The summed E-state index contributed by atoms with van der Waals surface area (Å²) in [7, 11) is 0. The SMILES string of the molecule is O=C(O)c1coc(C(=O)N2CCC(C(=O)c3cc(F)ccc3F)CC2)c1. The number of carboxylic acids is 1. The molecule has 1 aliphatic heterocycles. The minimum atomic E-state index is -1.20. The number of piperidine rings is 1. The average Bonchev–Trinajstić information content (AvgIpc) is 3.13. The number of halogens is 2. The van der Waals surface area contributed by atoms with Crippen LogP contribution < -0.4 is 0 Å². The van der Waals surface area contributed by atoms with Gasteiger partial charge in [0.1, 0.15) is 17.9 Å². The van der Waals surface area contributed by atoms with E-state index in [0.717, 1.165) is 30.5 Å². The van der Waals surface area contributed by atoms with Crippen LogP contribution in [0.5, 0.6) is 0 Å². The van der Waals surface area contributed by atoms with Crippen molar-refractivity contribution in [3.8, 4) is 0 Å². The molecule has 0 spiro atoms. The lowest BCUT2D eigenvalue weighted by Crippen LogP contribution is -2.40. The Morgan fingerprint density at radius 3 is 2.42 bits per heavy atom. The standard InChI is InChI=1S/C18H15F2NO5/c19-12-1-2-14(20)13(8-12)16(22)10-3-5-21(6-4-10)17(23)15-7-11(9-26-15)18(24)25/h1-2,7-10H,3-6H2,(H,24,25). The van der Waals surface area contributed by atoms with E-state index in [1.54, 1.807) is 0 Å². The average molecular weight is 363 g/mol. The van der Waals surface area contributed by atoms with Crippen molar-refractivity contribution < 1.29 is 32.7 Å². The number of benzene rings is 1. The summed E-state index contributed by atoms with van der Waals surface area (Å²) in [6.07, 6.45) is 1.58. The first kappa shape index (κ1) is 17.8. The van der Waals surface area contributed by atoms with Crippen LogP contribution in [0.1, 0.15) is 44.1 Å². The number of furan rings is 1. The lowest BCUT2D eigenvalue weighted by Gasteiger charge is -2.30. The molecule has 2 aromatic rings. The molecule has 0 atom stereocenters. The summed E-state index contributed by atoms with van der Waals surface area (Å²) in [6, 6.07) is 3.88. The minimum absolute atomic E-state index is 0.0941. The summed E-state index contributed by atoms with van der Waals surface area (Å²) in [5.74, 6) is -4.22. The fourth-order valence-corrected chi connectivity index (χ4v) is 2.97. The number of nitrogens with zero attached hydrogens (tertiary/aromatic N) is 1. The third kappa shape index (κ3) is 3.49. The molecule has 8 heteroatoms. The molecule has 6 nitrogen and oxygen atoms in total. The van der Waals surface area contributed by atoms with Crippen molar-refractivity contribution >= 4 is 17.7 Å². The van der Waals surface area contributed by atoms with Crippen molar-refractivity contribution in [3.63, 3.8) is 0 Å². The van der Waals surface area contributed by atoms with Crippen LogP contribution in [0.2, 0.25) is 0 Å². The molecule has 0 saturated carbocycles. The largest absolute Gasteiger partial charge is 0.478 e. The highest BCUT2D eigenvalue weighted by molar-refractivity contribution is 5.99. The lowest BCUT2D eigenvalue weighted by atomic mass is 9.88. The van der Waals surface area contributed by atoms with Crippen LogP contribution in [0.3, 0.4) is 0 Å². The maximum absolute atomic E-state index is 13.8. The zero-order valence-electron chi connectivity index (χ0n) is 13.6. The number of ketones is 1. The van der Waals surface area contributed by atoms with E-state index in [9.17, 15) is 23.2 Å². The van der Waals surface area contributed by atoms with Crippen molar-refractivity contribution in [1.29, 1.82) is 0 Å². The Balaban J connectivity index is 1.65. The van der Waals surface area contributed by atoms with Gasteiger partial charge in [0.05, 0.1) is 11.1 Å². The van der Waals surface area contributed by atoms with Gasteiger partial charge in [0.25, 0.3) is 5.91 Å². The molecule has 26 heavy (non-hydrogen) atoms. The zero-order valence-corrected chi connectivity index (χ0v) is 13.6. The zero-order chi connectivity index (χ0) is 18.8. The third-order valence-electron chi connectivity index (χ3n) is 4.40. The second kappa shape index (κ2) is 7.07. The monoisotopic (exact) mass is 363 g/mol. The Hall–Kier alpha value is -3.03. The van der Waals surface area contributed by atoms with E-state index in [2.05, 4.69) is 0 Å². The Kier molecular flexibility index (Phi) is 4.83. The molecule has 1 fully saturated rings. The maximum Gasteiger partial charge on any atom is 0.338 e. The fraction of sp³-hybridized carbons (Fsp3) is 0.278. The predicted octanol–water partition coefficient (Wildman–Crippen LogP) is 2.99. The number of carbonyl (C=O) groups is 3. The van der Waals surface area contributed by atoms with Crippen molar-refractivity contribution in [1.82, 2.24) is 4.90 Å². The van der Waals surface area contributed by atoms with Gasteiger partial charge in [-0.15, -0.1) is 0 Å². The van der Waals surface area contributed by atoms with E-state index in [1.807, 2.05) is 0 Å². The quantitative estimate of drug-likeness (QED) is 0.844. The van der Waals surface area contributed by atoms with Gasteiger partial charge in [0, 0.05) is 25.1 Å². The molecule has 2 heterocycles. The molecule has 3 rings (SSSR count). The Bertz CT molecular complexity index is 868. The molecule has 136 valence electrons. The Labute approximate surface area is 147 Å². The number of amides is 1. The number of hydrogen-bond acceptors (Lipinski definition) is 4. The first-order valence-corrected chi connectivity index (χ1v) is 7.97. The summed E-state index contributed by atoms with van der Waals surface area (Å²) >= 11 is 0. The number of carbonyl (C=O) groups excluding carboxylic acids is 2. The second-order valence-electron chi connectivity index (χ2n) is 6.06. The maximum atomic E-state index is 13.8. The highest BCUT2D eigenvalue weighted by Crippen LogP contribution is 2.25. The van der Waals surface area contributed by atoms with Gasteiger partial charge < -0.3 is 14.4 Å². The summed E-state index contributed by atoms with van der Waals surface area (Å²) < 4.78 is 32.0. The molecule has 0 bridgehead atoms. The van der Waals surface area contributed by atoms with Gasteiger partial charge in [-0.1, -0.05) is 0 Å². The van der Waals surface area contributed by atoms with Crippen LogP contribution in [-0.4, -0.2) is 40.8 Å². The molecule has 0 unspecified atom stereocenters. The van der Waals surface area contributed by atoms with E-state index >= 15 is 0 Å². The lowest BCUT2D eigenvalue weighted by molar-refractivity contribution is 0.0623. The molecule has 1 amide bonds. The van der Waals surface area contributed by atoms with Gasteiger partial charge >= 0.3 is 5.97 Å². The number of hydrogen-bond donors (Lipinski definition) is 1. The van der Waals surface area contributed by atoms with Gasteiger partial charge in [0.2, 0.25) is 0 Å². The highest BCUT2D eigenvalue weighted by atomic mass is 19.1. The number of Topliss-reactive ketones (excluding diaryl/α,β-unsaturated/α-hetero) is 1. The van der Waals surface area contributed by atoms with E-state index in [0.29, 0.717) is 12.8 Å². The second-order valence-corrected chi connectivity index (χ2v) is 6.06. The van der Waals surface area contributed by atoms with Gasteiger partial charge in [0.15, 0.2) is 11.5 Å². The Morgan fingerprint density at radius 1 is 1.12 bits per heavy atom. The van der Waals surface area contributed by atoms with Gasteiger partial charge in [-0.3, -0.25) is 9.59 Å². The van der Waals surface area contributed by atoms with Crippen molar-refractivity contribution in [3.05, 3.63) is 59.1 Å². The van der Waals surface area contributed by atoms with E-state index in [4.69, 9.17) is 9.52 Å². The normalized spacial score (nSPS) is 15.1. The van der Waals surface area contributed by atoms with E-state index in [-0.39, 0.29) is 30.0 Å². The summed E-state index contributed by atoms with van der Waals surface area (Å²) in [5, 5.41) is 8.86.